The Morgan fingerprint density at radius 1 is 0.892 bits per heavy atom. The van der Waals surface area contributed by atoms with E-state index in [2.05, 4.69) is 33.6 Å². The number of para-hydroxylation sites is 1. The SMILES string of the molecule is NC(=O)CC(NC(=O)C(Cc1c[nH]c2ccccc12)NC(=O)C(N)CC(=O)O)C(=O)NC(CS)C(=O)O. The normalized spacial score (nSPS) is 14.1. The molecule has 0 aliphatic heterocycles. The predicted molar refractivity (Wildman–Crippen MR) is 133 cm³/mol. The van der Waals surface area contributed by atoms with Crippen LogP contribution in [-0.2, 0) is 35.2 Å². The van der Waals surface area contributed by atoms with E-state index in [4.69, 9.17) is 21.7 Å². The summed E-state index contributed by atoms with van der Waals surface area (Å²) in [5.41, 5.74) is 12.2. The van der Waals surface area contributed by atoms with Gasteiger partial charge in [0.25, 0.3) is 0 Å². The van der Waals surface area contributed by atoms with Gasteiger partial charge in [0.05, 0.1) is 18.9 Å². The molecule has 4 unspecified atom stereocenters. The number of hydrogen-bond donors (Lipinski definition) is 9. The molecule has 0 aliphatic carbocycles. The standard InChI is InChI=1S/C22H28N6O8S/c23-12(6-18(30)31)19(32)26-14(5-10-8-25-13-4-2-1-3-11(10)13)20(33)27-15(7-17(24)29)21(34)28-16(9-37)22(35)36/h1-4,8,12,14-16,25,37H,5-7,9,23H2,(H2,24,29)(H,26,32)(H,27,33)(H,28,34)(H,30,31)(H,35,36). The number of nitrogens with two attached hydrogens (primary N) is 2. The fourth-order valence-electron chi connectivity index (χ4n) is 3.43. The zero-order valence-electron chi connectivity index (χ0n) is 19.5. The molecule has 15 heteroatoms. The van der Waals surface area contributed by atoms with Crippen LogP contribution >= 0.6 is 12.6 Å². The Kier molecular flexibility index (Phi) is 10.4. The van der Waals surface area contributed by atoms with Gasteiger partial charge in [-0.15, -0.1) is 0 Å². The minimum atomic E-state index is -1.57. The van der Waals surface area contributed by atoms with E-state index in [1.54, 1.807) is 30.5 Å². The maximum absolute atomic E-state index is 13.2. The van der Waals surface area contributed by atoms with Crippen molar-refractivity contribution in [2.24, 2.45) is 11.5 Å². The van der Waals surface area contributed by atoms with Crippen LogP contribution < -0.4 is 27.4 Å². The van der Waals surface area contributed by atoms with Gasteiger partial charge in [-0.2, -0.15) is 12.6 Å². The molecule has 0 radical (unpaired) electrons. The summed E-state index contributed by atoms with van der Waals surface area (Å²) in [6.45, 7) is 0. The van der Waals surface area contributed by atoms with Gasteiger partial charge in [-0.3, -0.25) is 24.0 Å². The molecular formula is C22H28N6O8S. The number of carboxylic acid groups (broad SMARTS) is 2. The number of benzene rings is 1. The third-order valence-corrected chi connectivity index (χ3v) is 5.66. The Labute approximate surface area is 215 Å². The van der Waals surface area contributed by atoms with Crippen LogP contribution in [0.3, 0.4) is 0 Å². The van der Waals surface area contributed by atoms with E-state index in [0.29, 0.717) is 5.56 Å². The summed E-state index contributed by atoms with van der Waals surface area (Å²) in [7, 11) is 0. The minimum Gasteiger partial charge on any atom is -0.481 e. The number of carbonyl (C=O) groups excluding carboxylic acids is 4. The smallest absolute Gasteiger partial charge is 0.327 e. The number of H-pyrrole nitrogens is 1. The van der Waals surface area contributed by atoms with Gasteiger partial charge in [0.15, 0.2) is 0 Å². The van der Waals surface area contributed by atoms with Crippen LogP contribution in [0.4, 0.5) is 0 Å². The number of thiol groups is 1. The first-order chi connectivity index (χ1) is 17.4. The molecule has 4 amide bonds. The predicted octanol–water partition coefficient (Wildman–Crippen LogP) is -2.14. The van der Waals surface area contributed by atoms with Crippen molar-refractivity contribution in [2.75, 3.05) is 5.75 Å². The van der Waals surface area contributed by atoms with Crippen LogP contribution in [0.5, 0.6) is 0 Å². The molecule has 0 aliphatic rings. The highest BCUT2D eigenvalue weighted by molar-refractivity contribution is 7.80. The number of carbonyl (C=O) groups is 6. The van der Waals surface area contributed by atoms with Gasteiger partial charge >= 0.3 is 11.9 Å². The lowest BCUT2D eigenvalue weighted by Crippen LogP contribution is -2.58. The minimum absolute atomic E-state index is 0.0965. The molecule has 0 spiro atoms. The Bertz CT molecular complexity index is 1180. The van der Waals surface area contributed by atoms with Crippen molar-refractivity contribution in [2.45, 2.75) is 43.4 Å². The van der Waals surface area contributed by atoms with Crippen LogP contribution in [0.2, 0.25) is 0 Å². The van der Waals surface area contributed by atoms with E-state index >= 15 is 0 Å². The molecule has 0 bridgehead atoms. The summed E-state index contributed by atoms with van der Waals surface area (Å²) in [5, 5.41) is 25.7. The number of nitrogens with one attached hydrogen (secondary N) is 4. The van der Waals surface area contributed by atoms with Crippen LogP contribution in [0.15, 0.2) is 30.5 Å². The molecule has 0 saturated carbocycles. The van der Waals surface area contributed by atoms with Crippen LogP contribution in [-0.4, -0.2) is 80.7 Å². The average Bonchev–Trinajstić information content (AvgIpc) is 3.23. The Morgan fingerprint density at radius 3 is 2.08 bits per heavy atom. The fraction of sp³-hybridized carbons (Fsp3) is 0.364. The molecular weight excluding hydrogens is 508 g/mol. The quantitative estimate of drug-likeness (QED) is 0.119. The Morgan fingerprint density at radius 2 is 1.49 bits per heavy atom. The highest BCUT2D eigenvalue weighted by Gasteiger charge is 2.31. The zero-order chi connectivity index (χ0) is 27.7. The maximum Gasteiger partial charge on any atom is 0.327 e. The first-order valence-electron chi connectivity index (χ1n) is 11.0. The highest BCUT2D eigenvalue weighted by atomic mass is 32.1. The third kappa shape index (κ3) is 8.50. The molecule has 1 aromatic heterocycles. The second kappa shape index (κ2) is 13.3. The molecule has 10 N–H and O–H groups in total. The number of amides is 4. The van der Waals surface area contributed by atoms with Gasteiger partial charge in [-0.25, -0.2) is 4.79 Å². The topological polar surface area (TPSA) is 247 Å². The Balaban J connectivity index is 2.31. The van der Waals surface area contributed by atoms with Crippen molar-refractivity contribution in [1.82, 2.24) is 20.9 Å². The largest absolute Gasteiger partial charge is 0.481 e. The molecule has 2 aromatic rings. The van der Waals surface area contributed by atoms with Gasteiger partial charge < -0.3 is 42.6 Å². The van der Waals surface area contributed by atoms with E-state index < -0.39 is 72.6 Å². The van der Waals surface area contributed by atoms with Crippen molar-refractivity contribution in [1.29, 1.82) is 0 Å². The van der Waals surface area contributed by atoms with Crippen molar-refractivity contribution in [3.05, 3.63) is 36.0 Å². The van der Waals surface area contributed by atoms with E-state index in [1.807, 2.05) is 0 Å². The average molecular weight is 537 g/mol. The summed E-state index contributed by atoms with van der Waals surface area (Å²) >= 11 is 3.85. The van der Waals surface area contributed by atoms with Gasteiger partial charge in [0.2, 0.25) is 23.6 Å². The molecule has 0 saturated heterocycles. The van der Waals surface area contributed by atoms with Gasteiger partial charge in [-0.1, -0.05) is 18.2 Å². The van der Waals surface area contributed by atoms with Crippen LogP contribution in [0.1, 0.15) is 18.4 Å². The fourth-order valence-corrected chi connectivity index (χ4v) is 3.68. The van der Waals surface area contributed by atoms with Crippen molar-refractivity contribution in [3.8, 4) is 0 Å². The lowest BCUT2D eigenvalue weighted by Gasteiger charge is -2.24. The second-order valence-corrected chi connectivity index (χ2v) is 8.51. The van der Waals surface area contributed by atoms with E-state index in [1.165, 1.54) is 0 Å². The van der Waals surface area contributed by atoms with Crippen molar-refractivity contribution in [3.63, 3.8) is 0 Å². The summed E-state index contributed by atoms with van der Waals surface area (Å²) in [5.74, 6) is -6.79. The number of aromatic nitrogens is 1. The van der Waals surface area contributed by atoms with Crippen molar-refractivity contribution < 1.29 is 39.0 Å². The molecule has 2 rings (SSSR count). The number of aromatic amines is 1. The zero-order valence-corrected chi connectivity index (χ0v) is 20.4. The van der Waals surface area contributed by atoms with Crippen molar-refractivity contribution >= 4 is 59.1 Å². The monoisotopic (exact) mass is 536 g/mol. The molecule has 4 atom stereocenters. The van der Waals surface area contributed by atoms with E-state index in [0.717, 1.165) is 10.9 Å². The van der Waals surface area contributed by atoms with Crippen LogP contribution in [0, 0.1) is 0 Å². The molecule has 0 fully saturated rings. The number of hydrogen-bond acceptors (Lipinski definition) is 8. The molecule has 200 valence electrons. The van der Waals surface area contributed by atoms with Gasteiger partial charge in [-0.05, 0) is 11.6 Å². The lowest BCUT2D eigenvalue weighted by atomic mass is 10.0. The first kappa shape index (κ1) is 29.1. The Hall–Kier alpha value is -4.11. The molecule has 37 heavy (non-hydrogen) atoms. The number of primary amides is 1. The number of fused-ring (bicyclic) bond motifs is 1. The van der Waals surface area contributed by atoms with E-state index in [-0.39, 0.29) is 12.2 Å². The highest BCUT2D eigenvalue weighted by Crippen LogP contribution is 2.19. The van der Waals surface area contributed by atoms with Crippen LogP contribution in [0.25, 0.3) is 10.9 Å². The summed E-state index contributed by atoms with van der Waals surface area (Å²) in [6, 6.07) is 1.34. The lowest BCUT2D eigenvalue weighted by molar-refractivity contribution is -0.141. The maximum atomic E-state index is 13.2. The second-order valence-electron chi connectivity index (χ2n) is 8.14. The van der Waals surface area contributed by atoms with E-state index in [9.17, 15) is 28.8 Å². The summed E-state index contributed by atoms with van der Waals surface area (Å²) < 4.78 is 0. The number of carboxylic acids is 2. The number of rotatable bonds is 14. The number of aliphatic carboxylic acids is 2. The molecule has 1 heterocycles. The molecule has 1 aromatic carbocycles. The van der Waals surface area contributed by atoms with Gasteiger partial charge in [0, 0.05) is 29.3 Å². The first-order valence-corrected chi connectivity index (χ1v) is 11.6. The van der Waals surface area contributed by atoms with Gasteiger partial charge in [0.1, 0.15) is 18.1 Å². The summed E-state index contributed by atoms with van der Waals surface area (Å²) in [4.78, 5) is 75.1. The molecule has 14 nitrogen and oxygen atoms in total. The summed E-state index contributed by atoms with van der Waals surface area (Å²) in [6.07, 6.45) is 0.162. The third-order valence-electron chi connectivity index (χ3n) is 5.30.